The molecule has 5 rings (SSSR count). The lowest BCUT2D eigenvalue weighted by molar-refractivity contribution is 0.268. The molecular weight excluding hydrogens is 550 g/mol. The molecule has 0 saturated carbocycles. The molecular formula is C24H20FIN6O2. The number of nitrogens with one attached hydrogen (secondary N) is 1. The number of nitrogens with zero attached hydrogens (tertiary/aromatic N) is 5. The summed E-state index contributed by atoms with van der Waals surface area (Å²) in [4.78, 5) is 13.7. The number of ether oxygens (including phenoxy) is 1. The molecule has 0 fully saturated rings. The third-order valence-corrected chi connectivity index (χ3v) is 6.27. The van der Waals surface area contributed by atoms with Gasteiger partial charge in [0.05, 0.1) is 11.1 Å². The molecule has 0 amide bonds. The molecule has 2 N–H and O–H groups in total. The Hall–Kier alpha value is -3.46. The largest absolute Gasteiger partial charge is 0.507 e. The number of aromatic hydroxyl groups is 1. The van der Waals surface area contributed by atoms with Crippen molar-refractivity contribution in [3.8, 4) is 29.0 Å². The molecule has 34 heavy (non-hydrogen) atoms. The zero-order valence-electron chi connectivity index (χ0n) is 18.4. The van der Waals surface area contributed by atoms with Crippen LogP contribution >= 0.6 is 22.6 Å². The number of hydrogen-bond donors (Lipinski definition) is 2. The number of nitriles is 1. The van der Waals surface area contributed by atoms with E-state index in [0.717, 1.165) is 11.2 Å². The summed E-state index contributed by atoms with van der Waals surface area (Å²) in [6, 6.07) is 12.0. The van der Waals surface area contributed by atoms with Gasteiger partial charge in [0.1, 0.15) is 24.2 Å². The van der Waals surface area contributed by atoms with Crippen molar-refractivity contribution in [2.45, 2.75) is 25.8 Å². The molecule has 3 heterocycles. The van der Waals surface area contributed by atoms with Crippen molar-refractivity contribution in [3.05, 3.63) is 57.2 Å². The van der Waals surface area contributed by atoms with Crippen LogP contribution in [0.4, 0.5) is 10.2 Å². The van der Waals surface area contributed by atoms with E-state index >= 15 is 0 Å². The van der Waals surface area contributed by atoms with Crippen LogP contribution in [-0.4, -0.2) is 37.8 Å². The van der Waals surface area contributed by atoms with Crippen molar-refractivity contribution in [1.29, 1.82) is 5.26 Å². The smallest absolute Gasteiger partial charge is 0.299 e. The second-order valence-electron chi connectivity index (χ2n) is 8.65. The Morgan fingerprint density at radius 3 is 2.85 bits per heavy atom. The first-order chi connectivity index (χ1) is 16.3. The van der Waals surface area contributed by atoms with E-state index in [9.17, 15) is 9.50 Å². The Balaban J connectivity index is 1.40. The van der Waals surface area contributed by atoms with E-state index in [1.807, 2.05) is 10.6 Å². The molecule has 8 nitrogen and oxygen atoms in total. The first-order valence-corrected chi connectivity index (χ1v) is 11.7. The van der Waals surface area contributed by atoms with Gasteiger partial charge in [0.2, 0.25) is 0 Å². The molecule has 172 valence electrons. The van der Waals surface area contributed by atoms with Gasteiger partial charge in [0, 0.05) is 40.3 Å². The van der Waals surface area contributed by atoms with Gasteiger partial charge < -0.3 is 15.2 Å². The van der Waals surface area contributed by atoms with Crippen molar-refractivity contribution < 1.29 is 14.2 Å². The summed E-state index contributed by atoms with van der Waals surface area (Å²) < 4.78 is 23.0. The molecule has 0 atom stereocenters. The summed E-state index contributed by atoms with van der Waals surface area (Å²) in [5.74, 6) is -0.0816. The number of phenolic OH excluding ortho intramolecular Hbond substituents is 1. The van der Waals surface area contributed by atoms with E-state index in [4.69, 9.17) is 10.00 Å². The van der Waals surface area contributed by atoms with Gasteiger partial charge in [-0.2, -0.15) is 10.2 Å². The van der Waals surface area contributed by atoms with Gasteiger partial charge in [-0.1, -0.05) is 18.2 Å². The minimum absolute atomic E-state index is 0.0482. The van der Waals surface area contributed by atoms with Gasteiger partial charge in [-0.15, -0.1) is 0 Å². The molecule has 1 aliphatic heterocycles. The fourth-order valence-corrected chi connectivity index (χ4v) is 4.56. The maximum absolute atomic E-state index is 14.7. The van der Waals surface area contributed by atoms with Crippen LogP contribution in [0.1, 0.15) is 25.0 Å². The predicted molar refractivity (Wildman–Crippen MR) is 133 cm³/mol. The van der Waals surface area contributed by atoms with Crippen molar-refractivity contribution in [2.75, 3.05) is 18.5 Å². The van der Waals surface area contributed by atoms with Gasteiger partial charge in [-0.05, 0) is 44.0 Å². The minimum Gasteiger partial charge on any atom is -0.507 e. The lowest BCUT2D eigenvalue weighted by atomic mass is 9.98. The number of phenols is 1. The van der Waals surface area contributed by atoms with E-state index in [-0.39, 0.29) is 22.4 Å². The van der Waals surface area contributed by atoms with Crippen LogP contribution in [0.25, 0.3) is 22.3 Å². The summed E-state index contributed by atoms with van der Waals surface area (Å²) in [6.45, 7) is 5.21. The van der Waals surface area contributed by atoms with E-state index < -0.39 is 5.82 Å². The van der Waals surface area contributed by atoms with Crippen LogP contribution in [0.2, 0.25) is 0 Å². The summed E-state index contributed by atoms with van der Waals surface area (Å²) >= 11 is 2.08. The molecule has 2 aromatic heterocycles. The van der Waals surface area contributed by atoms with Crippen LogP contribution in [0, 0.1) is 21.0 Å². The maximum Gasteiger partial charge on any atom is 0.299 e. The molecule has 0 spiro atoms. The Morgan fingerprint density at radius 2 is 2.06 bits per heavy atom. The normalized spacial score (nSPS) is 14.0. The number of halogens is 2. The number of hydrogen-bond acceptors (Lipinski definition) is 7. The van der Waals surface area contributed by atoms with Crippen LogP contribution in [0.3, 0.4) is 0 Å². The number of imidazole rings is 1. The second kappa shape index (κ2) is 8.39. The molecule has 0 saturated heterocycles. The average molecular weight is 570 g/mol. The summed E-state index contributed by atoms with van der Waals surface area (Å²) in [6.07, 6.45) is 0.588. The first kappa shape index (κ1) is 22.3. The molecule has 0 aliphatic carbocycles. The number of fused-ring (bicyclic) bond motifs is 3. The van der Waals surface area contributed by atoms with E-state index in [1.165, 1.54) is 12.1 Å². The highest BCUT2D eigenvalue weighted by Crippen LogP contribution is 2.36. The number of rotatable bonds is 5. The van der Waals surface area contributed by atoms with Crippen molar-refractivity contribution in [1.82, 2.24) is 19.5 Å². The van der Waals surface area contributed by atoms with Crippen molar-refractivity contribution in [3.63, 3.8) is 0 Å². The van der Waals surface area contributed by atoms with Gasteiger partial charge >= 0.3 is 0 Å². The summed E-state index contributed by atoms with van der Waals surface area (Å²) in [5.41, 5.74) is 2.47. The minimum atomic E-state index is -0.647. The monoisotopic (exact) mass is 570 g/mol. The number of aromatic nitrogens is 4. The lowest BCUT2D eigenvalue weighted by Gasteiger charge is -2.18. The molecule has 2 aromatic carbocycles. The van der Waals surface area contributed by atoms with Gasteiger partial charge in [-0.25, -0.2) is 14.4 Å². The van der Waals surface area contributed by atoms with Gasteiger partial charge in [0.25, 0.3) is 6.01 Å². The molecule has 0 unspecified atom stereocenters. The van der Waals surface area contributed by atoms with Crippen LogP contribution < -0.4 is 10.1 Å². The highest BCUT2D eigenvalue weighted by atomic mass is 127. The Kier molecular flexibility index (Phi) is 5.51. The average Bonchev–Trinajstić information content (AvgIpc) is 3.32. The highest BCUT2D eigenvalue weighted by Gasteiger charge is 2.36. The van der Waals surface area contributed by atoms with Gasteiger partial charge in [-0.3, -0.25) is 4.57 Å². The Labute approximate surface area is 208 Å². The molecule has 0 bridgehead atoms. The Morgan fingerprint density at radius 1 is 1.24 bits per heavy atom. The number of benzene rings is 2. The topological polar surface area (TPSA) is 109 Å². The van der Waals surface area contributed by atoms with Crippen molar-refractivity contribution >= 4 is 39.6 Å². The van der Waals surface area contributed by atoms with E-state index in [2.05, 4.69) is 56.7 Å². The van der Waals surface area contributed by atoms with Crippen LogP contribution in [0.5, 0.6) is 11.8 Å². The Bertz CT molecular complexity index is 1480. The zero-order chi connectivity index (χ0) is 24.0. The van der Waals surface area contributed by atoms with E-state index in [1.54, 1.807) is 24.3 Å². The number of anilines is 1. The molecule has 4 aromatic rings. The van der Waals surface area contributed by atoms with Crippen molar-refractivity contribution in [2.24, 2.45) is 0 Å². The SMILES string of the molecule is CC1(C)COc2nc3c(NCCc4ccc(O)c(-c5cccc(C#N)c5F)c4)nc(I)nc3n21. The summed E-state index contributed by atoms with van der Waals surface area (Å²) in [7, 11) is 0. The predicted octanol–water partition coefficient (Wildman–Crippen LogP) is 4.60. The third kappa shape index (κ3) is 3.79. The van der Waals surface area contributed by atoms with E-state index in [0.29, 0.717) is 46.3 Å². The lowest BCUT2D eigenvalue weighted by Crippen LogP contribution is -2.26. The first-order valence-electron chi connectivity index (χ1n) is 10.6. The maximum atomic E-state index is 14.7. The summed E-state index contributed by atoms with van der Waals surface area (Å²) in [5, 5.41) is 22.8. The molecule has 0 radical (unpaired) electrons. The van der Waals surface area contributed by atoms with Gasteiger partial charge in [0.15, 0.2) is 20.8 Å². The second-order valence-corrected chi connectivity index (χ2v) is 9.62. The third-order valence-electron chi connectivity index (χ3n) is 5.79. The molecule has 10 heteroatoms. The fourth-order valence-electron chi connectivity index (χ4n) is 4.09. The standard InChI is InChI=1S/C24H20FIN6O2/c1-24(2)12-34-23-29-19-20(30-22(26)31-21(19)32(23)24)28-9-8-13-6-7-17(33)16(10-13)15-5-3-4-14(11-27)18(15)25/h3-7,10,33H,8-9,12H2,1-2H3,(H,28,30,31). The quantitative estimate of drug-likeness (QED) is 0.267. The molecule has 1 aliphatic rings. The highest BCUT2D eigenvalue weighted by molar-refractivity contribution is 14.1. The zero-order valence-corrected chi connectivity index (χ0v) is 20.6. The van der Waals surface area contributed by atoms with Crippen LogP contribution in [0.15, 0.2) is 36.4 Å². The van der Waals surface area contributed by atoms with Crippen LogP contribution in [-0.2, 0) is 12.0 Å². The fraction of sp³-hybridized carbons (Fsp3) is 0.250.